The van der Waals surface area contributed by atoms with E-state index in [4.69, 9.17) is 9.52 Å². The molecule has 0 atom stereocenters. The number of fused-ring (bicyclic) bond motifs is 1. The number of rotatable bonds is 6. The standard InChI is InChI=1S/C21H16N2O6/c24-18(10-7-14-12-29-17-4-2-1-3-16(17)20(14)27)23-15-8-5-13(6-9-15)21(28)22-11-19(25)26/h1-10,12H,11H2,(H,22,28)(H,23,24)(H,25,26)/b10-7+. The van der Waals surface area contributed by atoms with Gasteiger partial charge in [0, 0.05) is 17.3 Å². The minimum atomic E-state index is -1.14. The van der Waals surface area contributed by atoms with Gasteiger partial charge in [0.05, 0.1) is 10.9 Å². The van der Waals surface area contributed by atoms with Crippen LogP contribution in [0.25, 0.3) is 17.0 Å². The van der Waals surface area contributed by atoms with E-state index in [2.05, 4.69) is 10.6 Å². The number of carboxylic acids is 1. The SMILES string of the molecule is O=C(O)CNC(=O)c1ccc(NC(=O)/C=C/c2coc3ccccc3c2=O)cc1. The molecule has 0 fully saturated rings. The summed E-state index contributed by atoms with van der Waals surface area (Å²) in [6.07, 6.45) is 3.86. The molecular weight excluding hydrogens is 376 g/mol. The smallest absolute Gasteiger partial charge is 0.322 e. The van der Waals surface area contributed by atoms with Crippen LogP contribution in [0.3, 0.4) is 0 Å². The average Bonchev–Trinajstić information content (AvgIpc) is 2.72. The maximum Gasteiger partial charge on any atom is 0.322 e. The Hall–Kier alpha value is -4.20. The van der Waals surface area contributed by atoms with Crippen molar-refractivity contribution >= 4 is 40.5 Å². The van der Waals surface area contributed by atoms with Crippen molar-refractivity contribution in [1.29, 1.82) is 0 Å². The van der Waals surface area contributed by atoms with Crippen LogP contribution in [-0.2, 0) is 9.59 Å². The molecule has 0 radical (unpaired) electrons. The fraction of sp³-hybridized carbons (Fsp3) is 0.0476. The van der Waals surface area contributed by atoms with Gasteiger partial charge >= 0.3 is 5.97 Å². The van der Waals surface area contributed by atoms with Crippen molar-refractivity contribution in [2.75, 3.05) is 11.9 Å². The number of nitrogens with one attached hydrogen (secondary N) is 2. The van der Waals surface area contributed by atoms with Gasteiger partial charge in [0.25, 0.3) is 5.91 Å². The van der Waals surface area contributed by atoms with Crippen LogP contribution < -0.4 is 16.1 Å². The monoisotopic (exact) mass is 392 g/mol. The highest BCUT2D eigenvalue weighted by atomic mass is 16.4. The molecule has 3 rings (SSSR count). The number of hydrogen-bond donors (Lipinski definition) is 3. The fourth-order valence-corrected chi connectivity index (χ4v) is 2.52. The number of hydrogen-bond acceptors (Lipinski definition) is 5. The molecule has 1 heterocycles. The van der Waals surface area contributed by atoms with E-state index < -0.39 is 24.3 Å². The second-order valence-electron chi connectivity index (χ2n) is 5.99. The van der Waals surface area contributed by atoms with Gasteiger partial charge in [-0.3, -0.25) is 19.2 Å². The fourth-order valence-electron chi connectivity index (χ4n) is 2.52. The van der Waals surface area contributed by atoms with E-state index in [1.165, 1.54) is 42.7 Å². The quantitative estimate of drug-likeness (QED) is 0.553. The largest absolute Gasteiger partial charge is 0.480 e. The van der Waals surface area contributed by atoms with E-state index in [1.54, 1.807) is 24.3 Å². The molecule has 0 bridgehead atoms. The lowest BCUT2D eigenvalue weighted by atomic mass is 10.1. The first kappa shape index (κ1) is 19.6. The average molecular weight is 392 g/mol. The molecule has 8 heteroatoms. The Balaban J connectivity index is 1.65. The van der Waals surface area contributed by atoms with Crippen LogP contribution in [0.1, 0.15) is 15.9 Å². The number of carbonyl (C=O) groups is 3. The molecule has 146 valence electrons. The molecule has 3 aromatic rings. The summed E-state index contributed by atoms with van der Waals surface area (Å²) in [4.78, 5) is 46.7. The first-order valence-corrected chi connectivity index (χ1v) is 8.54. The lowest BCUT2D eigenvalue weighted by Crippen LogP contribution is -2.29. The summed E-state index contributed by atoms with van der Waals surface area (Å²) < 4.78 is 5.39. The van der Waals surface area contributed by atoms with Crippen molar-refractivity contribution < 1.29 is 23.9 Å². The summed E-state index contributed by atoms with van der Waals surface area (Å²) in [6, 6.07) is 12.7. The number of carbonyl (C=O) groups excluding carboxylic acids is 2. The van der Waals surface area contributed by atoms with Crippen molar-refractivity contribution in [2.24, 2.45) is 0 Å². The van der Waals surface area contributed by atoms with Gasteiger partial charge in [-0.05, 0) is 42.5 Å². The Morgan fingerprint density at radius 2 is 1.76 bits per heavy atom. The predicted molar refractivity (Wildman–Crippen MR) is 107 cm³/mol. The Labute approximate surface area is 164 Å². The lowest BCUT2D eigenvalue weighted by Gasteiger charge is -2.05. The van der Waals surface area contributed by atoms with Gasteiger partial charge in [0.15, 0.2) is 5.43 Å². The second-order valence-corrected chi connectivity index (χ2v) is 5.99. The second kappa shape index (κ2) is 8.66. The maximum atomic E-state index is 12.4. The van der Waals surface area contributed by atoms with Gasteiger partial charge in [-0.2, -0.15) is 0 Å². The number of carboxylic acid groups (broad SMARTS) is 1. The Bertz CT molecular complexity index is 1160. The molecule has 8 nitrogen and oxygen atoms in total. The van der Waals surface area contributed by atoms with E-state index >= 15 is 0 Å². The Morgan fingerprint density at radius 1 is 1.03 bits per heavy atom. The van der Waals surface area contributed by atoms with Gasteiger partial charge in [-0.15, -0.1) is 0 Å². The molecule has 3 N–H and O–H groups in total. The van der Waals surface area contributed by atoms with Crippen LogP contribution in [-0.4, -0.2) is 29.4 Å². The number of amides is 2. The zero-order valence-corrected chi connectivity index (χ0v) is 15.0. The first-order chi connectivity index (χ1) is 13.9. The van der Waals surface area contributed by atoms with E-state index in [0.717, 1.165) is 0 Å². The topological polar surface area (TPSA) is 126 Å². The van der Waals surface area contributed by atoms with Gasteiger partial charge in [0.1, 0.15) is 18.4 Å². The van der Waals surface area contributed by atoms with Crippen LogP contribution in [0, 0.1) is 0 Å². The van der Waals surface area contributed by atoms with E-state index in [-0.39, 0.29) is 16.6 Å². The third-order valence-corrected chi connectivity index (χ3v) is 3.94. The van der Waals surface area contributed by atoms with E-state index in [1.807, 2.05) is 0 Å². The molecule has 2 aromatic carbocycles. The normalized spacial score (nSPS) is 10.8. The van der Waals surface area contributed by atoms with Gasteiger partial charge in [-0.1, -0.05) is 12.1 Å². The van der Waals surface area contributed by atoms with Crippen molar-refractivity contribution in [3.05, 3.63) is 82.2 Å². The van der Waals surface area contributed by atoms with Gasteiger partial charge < -0.3 is 20.2 Å². The molecule has 0 spiro atoms. The number of aliphatic carboxylic acids is 1. The van der Waals surface area contributed by atoms with Crippen molar-refractivity contribution in [2.45, 2.75) is 0 Å². The predicted octanol–water partition coefficient (Wildman–Crippen LogP) is 2.26. The molecule has 29 heavy (non-hydrogen) atoms. The van der Waals surface area contributed by atoms with Crippen molar-refractivity contribution in [3.8, 4) is 0 Å². The number of anilines is 1. The summed E-state index contributed by atoms with van der Waals surface area (Å²) in [6.45, 7) is -0.481. The Morgan fingerprint density at radius 3 is 2.48 bits per heavy atom. The van der Waals surface area contributed by atoms with E-state index in [9.17, 15) is 19.2 Å². The summed E-state index contributed by atoms with van der Waals surface area (Å²) in [7, 11) is 0. The molecule has 0 saturated carbocycles. The van der Waals surface area contributed by atoms with Crippen LogP contribution >= 0.6 is 0 Å². The molecule has 0 aliphatic rings. The third kappa shape index (κ3) is 4.95. The highest BCUT2D eigenvalue weighted by Gasteiger charge is 2.08. The number of benzene rings is 2. The lowest BCUT2D eigenvalue weighted by molar-refractivity contribution is -0.135. The molecule has 2 amide bonds. The zero-order valence-electron chi connectivity index (χ0n) is 15.0. The highest BCUT2D eigenvalue weighted by molar-refractivity contribution is 6.02. The minimum Gasteiger partial charge on any atom is -0.480 e. The third-order valence-electron chi connectivity index (χ3n) is 3.94. The van der Waals surface area contributed by atoms with E-state index in [0.29, 0.717) is 16.7 Å². The number of para-hydroxylation sites is 1. The molecule has 0 aliphatic carbocycles. The van der Waals surface area contributed by atoms with Crippen LogP contribution in [0.5, 0.6) is 0 Å². The molecule has 0 aliphatic heterocycles. The Kier molecular flexibility index (Phi) is 5.84. The van der Waals surface area contributed by atoms with Crippen molar-refractivity contribution in [3.63, 3.8) is 0 Å². The summed E-state index contributed by atoms with van der Waals surface area (Å²) in [5, 5.41) is 13.8. The van der Waals surface area contributed by atoms with Crippen LogP contribution in [0.4, 0.5) is 5.69 Å². The van der Waals surface area contributed by atoms with Gasteiger partial charge in [0.2, 0.25) is 5.91 Å². The molecular formula is C21H16N2O6. The highest BCUT2D eigenvalue weighted by Crippen LogP contribution is 2.12. The van der Waals surface area contributed by atoms with Gasteiger partial charge in [-0.25, -0.2) is 0 Å². The minimum absolute atomic E-state index is 0.240. The van der Waals surface area contributed by atoms with Crippen LogP contribution in [0.2, 0.25) is 0 Å². The maximum absolute atomic E-state index is 12.4. The summed E-state index contributed by atoms with van der Waals surface area (Å²) in [5.74, 6) is -2.15. The summed E-state index contributed by atoms with van der Waals surface area (Å²) >= 11 is 0. The first-order valence-electron chi connectivity index (χ1n) is 8.54. The molecule has 0 saturated heterocycles. The molecule has 0 unspecified atom stereocenters. The van der Waals surface area contributed by atoms with Crippen molar-refractivity contribution in [1.82, 2.24) is 5.32 Å². The van der Waals surface area contributed by atoms with Crippen LogP contribution in [0.15, 0.2) is 70.1 Å². The zero-order chi connectivity index (χ0) is 20.8. The molecule has 1 aromatic heterocycles. The summed E-state index contributed by atoms with van der Waals surface area (Å²) in [5.41, 5.74) is 1.15.